The van der Waals surface area contributed by atoms with E-state index in [1.165, 1.54) is 11.3 Å². The number of carbonyl (C=O) groups is 1. The SMILES string of the molecule is O=C(O)c1cc2c(Sc3ccc(Br)cc3)cncc2s1. The Kier molecular flexibility index (Phi) is 3.78. The number of carboxylic acids is 1. The van der Waals surface area contributed by atoms with Crippen LogP contribution in [0.1, 0.15) is 9.67 Å². The first-order valence-corrected chi connectivity index (χ1v) is 8.10. The molecule has 20 heavy (non-hydrogen) atoms. The van der Waals surface area contributed by atoms with Crippen LogP contribution in [-0.4, -0.2) is 16.1 Å². The van der Waals surface area contributed by atoms with E-state index in [-0.39, 0.29) is 0 Å². The zero-order valence-electron chi connectivity index (χ0n) is 10.0. The van der Waals surface area contributed by atoms with Gasteiger partial charge in [0.25, 0.3) is 0 Å². The fraction of sp³-hybridized carbons (Fsp3) is 0. The average Bonchev–Trinajstić information content (AvgIpc) is 2.87. The lowest BCUT2D eigenvalue weighted by atomic mass is 10.3. The van der Waals surface area contributed by atoms with Crippen molar-refractivity contribution in [3.8, 4) is 0 Å². The number of benzene rings is 1. The Bertz CT molecular complexity index is 783. The van der Waals surface area contributed by atoms with Crippen LogP contribution in [0.4, 0.5) is 0 Å². The Balaban J connectivity index is 2.02. The number of hydrogen-bond donors (Lipinski definition) is 1. The lowest BCUT2D eigenvalue weighted by molar-refractivity contribution is 0.0702. The van der Waals surface area contributed by atoms with Crippen LogP contribution in [0.5, 0.6) is 0 Å². The van der Waals surface area contributed by atoms with Crippen molar-refractivity contribution < 1.29 is 9.90 Å². The number of rotatable bonds is 3. The van der Waals surface area contributed by atoms with Crippen molar-refractivity contribution in [3.05, 3.63) is 52.1 Å². The molecule has 0 bridgehead atoms. The molecule has 0 fully saturated rings. The van der Waals surface area contributed by atoms with Gasteiger partial charge in [-0.25, -0.2) is 4.79 Å². The fourth-order valence-corrected chi connectivity index (χ4v) is 3.89. The molecule has 6 heteroatoms. The van der Waals surface area contributed by atoms with Crippen LogP contribution < -0.4 is 0 Å². The molecule has 3 nitrogen and oxygen atoms in total. The number of thiophene rings is 1. The van der Waals surface area contributed by atoms with Crippen LogP contribution in [0.15, 0.2) is 57.0 Å². The third-order valence-electron chi connectivity index (χ3n) is 2.66. The molecule has 100 valence electrons. The van der Waals surface area contributed by atoms with Crippen molar-refractivity contribution in [2.75, 3.05) is 0 Å². The highest BCUT2D eigenvalue weighted by atomic mass is 79.9. The van der Waals surface area contributed by atoms with Gasteiger partial charge in [-0.3, -0.25) is 4.98 Å². The van der Waals surface area contributed by atoms with E-state index in [2.05, 4.69) is 20.9 Å². The van der Waals surface area contributed by atoms with Gasteiger partial charge in [-0.15, -0.1) is 11.3 Å². The summed E-state index contributed by atoms with van der Waals surface area (Å²) in [6.07, 6.45) is 3.48. The lowest BCUT2D eigenvalue weighted by Gasteiger charge is -2.02. The molecular formula is C14H8BrNO2S2. The highest BCUT2D eigenvalue weighted by Gasteiger charge is 2.12. The number of pyridine rings is 1. The van der Waals surface area contributed by atoms with Crippen LogP contribution in [0.2, 0.25) is 0 Å². The highest BCUT2D eigenvalue weighted by Crippen LogP contribution is 2.36. The van der Waals surface area contributed by atoms with E-state index in [1.54, 1.807) is 30.2 Å². The quantitative estimate of drug-likeness (QED) is 0.716. The standard InChI is InChI=1S/C14H8BrNO2S2/c15-8-1-3-9(4-2-8)19-12-6-16-7-13-10(12)5-11(20-13)14(17)18/h1-7H,(H,17,18). The molecule has 1 N–H and O–H groups in total. The third-order valence-corrected chi connectivity index (χ3v) is 5.30. The van der Waals surface area contributed by atoms with Gasteiger partial charge in [0.2, 0.25) is 0 Å². The first-order chi connectivity index (χ1) is 9.63. The van der Waals surface area contributed by atoms with Gasteiger partial charge in [-0.2, -0.15) is 0 Å². The number of hydrogen-bond acceptors (Lipinski definition) is 4. The van der Waals surface area contributed by atoms with Crippen molar-refractivity contribution >= 4 is 55.1 Å². The number of carboxylic acid groups (broad SMARTS) is 1. The van der Waals surface area contributed by atoms with Crippen LogP contribution in [0.25, 0.3) is 10.1 Å². The minimum atomic E-state index is -0.897. The number of fused-ring (bicyclic) bond motifs is 1. The minimum absolute atomic E-state index is 0.339. The maximum Gasteiger partial charge on any atom is 0.345 e. The minimum Gasteiger partial charge on any atom is -0.477 e. The van der Waals surface area contributed by atoms with Gasteiger partial charge in [0.1, 0.15) is 4.88 Å². The van der Waals surface area contributed by atoms with Crippen molar-refractivity contribution in [2.24, 2.45) is 0 Å². The fourth-order valence-electron chi connectivity index (χ4n) is 1.75. The molecule has 0 saturated carbocycles. The van der Waals surface area contributed by atoms with Gasteiger partial charge >= 0.3 is 5.97 Å². The average molecular weight is 366 g/mol. The zero-order chi connectivity index (χ0) is 14.1. The number of halogens is 1. The van der Waals surface area contributed by atoms with Crippen LogP contribution in [0, 0.1) is 0 Å². The van der Waals surface area contributed by atoms with E-state index < -0.39 is 5.97 Å². The monoisotopic (exact) mass is 365 g/mol. The molecular weight excluding hydrogens is 358 g/mol. The summed E-state index contributed by atoms with van der Waals surface area (Å²) in [5.74, 6) is -0.897. The van der Waals surface area contributed by atoms with E-state index in [9.17, 15) is 4.79 Å². The first-order valence-electron chi connectivity index (χ1n) is 5.68. The molecule has 3 rings (SSSR count). The molecule has 3 aromatic rings. The van der Waals surface area contributed by atoms with E-state index in [0.29, 0.717) is 4.88 Å². The van der Waals surface area contributed by atoms with Crippen LogP contribution in [0.3, 0.4) is 0 Å². The third kappa shape index (κ3) is 2.72. The summed E-state index contributed by atoms with van der Waals surface area (Å²) in [5, 5.41) is 10.0. The molecule has 0 aliphatic rings. The Hall–Kier alpha value is -1.37. The number of aromatic nitrogens is 1. The maximum atomic E-state index is 11.1. The topological polar surface area (TPSA) is 50.2 Å². The van der Waals surface area contributed by atoms with Crippen molar-refractivity contribution in [1.82, 2.24) is 4.98 Å². The second-order valence-corrected chi connectivity index (χ2v) is 7.14. The summed E-state index contributed by atoms with van der Waals surface area (Å²) in [6, 6.07) is 9.69. The second-order valence-electron chi connectivity index (χ2n) is 4.02. The molecule has 2 heterocycles. The van der Waals surface area contributed by atoms with Crippen molar-refractivity contribution in [2.45, 2.75) is 9.79 Å². The summed E-state index contributed by atoms with van der Waals surface area (Å²) < 4.78 is 1.92. The number of aromatic carboxylic acids is 1. The van der Waals surface area contributed by atoms with Gasteiger partial charge in [0.15, 0.2) is 0 Å². The molecule has 0 spiro atoms. The molecule has 0 aliphatic heterocycles. The summed E-state index contributed by atoms with van der Waals surface area (Å²) in [7, 11) is 0. The lowest BCUT2D eigenvalue weighted by Crippen LogP contribution is -1.89. The molecule has 0 amide bonds. The Morgan fingerprint density at radius 2 is 2.00 bits per heavy atom. The maximum absolute atomic E-state index is 11.1. The first kappa shape index (κ1) is 13.6. The second kappa shape index (κ2) is 5.55. The highest BCUT2D eigenvalue weighted by molar-refractivity contribution is 9.10. The van der Waals surface area contributed by atoms with Crippen molar-refractivity contribution in [3.63, 3.8) is 0 Å². The normalized spacial score (nSPS) is 10.8. The summed E-state index contributed by atoms with van der Waals surface area (Å²) >= 11 is 6.24. The largest absolute Gasteiger partial charge is 0.477 e. The van der Waals surface area contributed by atoms with E-state index in [1.807, 2.05) is 24.3 Å². The summed E-state index contributed by atoms with van der Waals surface area (Å²) in [5.41, 5.74) is 0. The van der Waals surface area contributed by atoms with E-state index in [0.717, 1.165) is 24.3 Å². The smallest absolute Gasteiger partial charge is 0.345 e. The molecule has 0 unspecified atom stereocenters. The number of nitrogens with zero attached hydrogens (tertiary/aromatic N) is 1. The van der Waals surface area contributed by atoms with Crippen LogP contribution >= 0.6 is 39.0 Å². The predicted molar refractivity (Wildman–Crippen MR) is 84.8 cm³/mol. The predicted octanol–water partition coefficient (Wildman–Crippen LogP) is 4.91. The Labute approximate surface area is 131 Å². The zero-order valence-corrected chi connectivity index (χ0v) is 13.3. The summed E-state index contributed by atoms with van der Waals surface area (Å²) in [6.45, 7) is 0. The van der Waals surface area contributed by atoms with Gasteiger partial charge in [-0.05, 0) is 30.3 Å². The van der Waals surface area contributed by atoms with E-state index in [4.69, 9.17) is 5.11 Å². The molecule has 0 aliphatic carbocycles. The molecule has 0 atom stereocenters. The van der Waals surface area contributed by atoms with Gasteiger partial charge in [0, 0.05) is 32.0 Å². The molecule has 0 radical (unpaired) electrons. The molecule has 2 aromatic heterocycles. The molecule has 0 saturated heterocycles. The molecule has 1 aromatic carbocycles. The Morgan fingerprint density at radius 1 is 1.25 bits per heavy atom. The van der Waals surface area contributed by atoms with Crippen molar-refractivity contribution in [1.29, 1.82) is 0 Å². The van der Waals surface area contributed by atoms with Gasteiger partial charge in [-0.1, -0.05) is 27.7 Å². The van der Waals surface area contributed by atoms with Gasteiger partial charge < -0.3 is 5.11 Å². The van der Waals surface area contributed by atoms with Gasteiger partial charge in [0.05, 0.1) is 4.70 Å². The summed E-state index contributed by atoms with van der Waals surface area (Å²) in [4.78, 5) is 17.6. The Morgan fingerprint density at radius 3 is 2.70 bits per heavy atom. The van der Waals surface area contributed by atoms with Crippen LogP contribution in [-0.2, 0) is 0 Å². The van der Waals surface area contributed by atoms with E-state index >= 15 is 0 Å².